The molecule has 0 saturated heterocycles. The lowest BCUT2D eigenvalue weighted by Gasteiger charge is -1.97. The first-order valence-electron chi connectivity index (χ1n) is 5.27. The van der Waals surface area contributed by atoms with E-state index in [4.69, 9.17) is 5.26 Å². The molecule has 80 valence electrons. The van der Waals surface area contributed by atoms with Gasteiger partial charge in [0.25, 0.3) is 0 Å². The molecule has 2 rings (SSSR count). The highest BCUT2D eigenvalue weighted by atomic mass is 14.6. The Hall–Kier alpha value is -2.58. The highest BCUT2D eigenvalue weighted by molar-refractivity contribution is 5.46. The van der Waals surface area contributed by atoms with Gasteiger partial charge in [-0.1, -0.05) is 30.0 Å². The van der Waals surface area contributed by atoms with E-state index in [1.165, 1.54) is 0 Å². The van der Waals surface area contributed by atoms with E-state index in [1.54, 1.807) is 12.4 Å². The van der Waals surface area contributed by atoms with Crippen molar-refractivity contribution in [3.63, 3.8) is 0 Å². The van der Waals surface area contributed by atoms with Gasteiger partial charge in [0.2, 0.25) is 0 Å². The van der Waals surface area contributed by atoms with Crippen molar-refractivity contribution in [3.05, 3.63) is 65.5 Å². The molecule has 0 unspecified atom stereocenters. The van der Waals surface area contributed by atoms with Crippen molar-refractivity contribution >= 4 is 0 Å². The molecule has 1 aromatic carbocycles. The summed E-state index contributed by atoms with van der Waals surface area (Å²) in [5.41, 5.74) is 2.74. The molecule has 2 heteroatoms. The summed E-state index contributed by atoms with van der Waals surface area (Å²) < 4.78 is 0. The molecule has 0 saturated carbocycles. The van der Waals surface area contributed by atoms with Crippen LogP contribution in [0.25, 0.3) is 0 Å². The fourth-order valence-electron chi connectivity index (χ4n) is 1.46. The van der Waals surface area contributed by atoms with Crippen molar-refractivity contribution in [3.8, 4) is 17.9 Å². The van der Waals surface area contributed by atoms with Crippen LogP contribution in [0.4, 0.5) is 0 Å². The van der Waals surface area contributed by atoms with E-state index in [-0.39, 0.29) is 0 Å². The summed E-state index contributed by atoms with van der Waals surface area (Å²) in [7, 11) is 0. The van der Waals surface area contributed by atoms with Gasteiger partial charge >= 0.3 is 0 Å². The number of aromatic nitrogens is 1. The molecule has 2 aromatic rings. The monoisotopic (exact) mass is 218 g/mol. The second-order valence-corrected chi connectivity index (χ2v) is 3.48. The Kier molecular flexibility index (Phi) is 3.53. The van der Waals surface area contributed by atoms with Gasteiger partial charge in [-0.15, -0.1) is 0 Å². The third-order valence-electron chi connectivity index (χ3n) is 2.29. The summed E-state index contributed by atoms with van der Waals surface area (Å²) in [5.74, 6) is 6.11. The minimum absolute atomic E-state index is 0.387. The third-order valence-corrected chi connectivity index (χ3v) is 2.29. The number of nitrogens with zero attached hydrogens (tertiary/aromatic N) is 2. The third kappa shape index (κ3) is 2.93. The van der Waals surface area contributed by atoms with Crippen molar-refractivity contribution in [2.45, 2.75) is 6.42 Å². The topological polar surface area (TPSA) is 36.7 Å². The highest BCUT2D eigenvalue weighted by Gasteiger charge is 1.97. The number of hydrogen-bond acceptors (Lipinski definition) is 2. The number of nitriles is 1. The largest absolute Gasteiger partial charge is 0.263 e. The molecule has 0 spiro atoms. The van der Waals surface area contributed by atoms with E-state index in [9.17, 15) is 0 Å². The van der Waals surface area contributed by atoms with Crippen molar-refractivity contribution in [2.24, 2.45) is 0 Å². The van der Waals surface area contributed by atoms with Crippen LogP contribution in [0.3, 0.4) is 0 Å². The Labute approximate surface area is 101 Å². The molecule has 0 fully saturated rings. The summed E-state index contributed by atoms with van der Waals surface area (Å²) >= 11 is 0. The minimum Gasteiger partial charge on any atom is -0.263 e. The second kappa shape index (κ2) is 5.49. The van der Waals surface area contributed by atoms with E-state index >= 15 is 0 Å². The van der Waals surface area contributed by atoms with Crippen LogP contribution >= 0.6 is 0 Å². The Balaban J connectivity index is 2.31. The van der Waals surface area contributed by atoms with Gasteiger partial charge in [0.05, 0.1) is 12.5 Å². The standard InChI is InChI=1S/C15H10N2/c16-10-9-15-6-2-1-5-14(15)8-7-13-4-3-11-17-12-13/h1-6,11-12H,9H2. The van der Waals surface area contributed by atoms with Gasteiger partial charge in [-0.25, -0.2) is 0 Å². The molecule has 17 heavy (non-hydrogen) atoms. The predicted molar refractivity (Wildman–Crippen MR) is 66.0 cm³/mol. The molecule has 0 aliphatic rings. The summed E-state index contributed by atoms with van der Waals surface area (Å²) in [6.07, 6.45) is 3.83. The molecule has 0 radical (unpaired) electrons. The molecular formula is C15H10N2. The van der Waals surface area contributed by atoms with Crippen molar-refractivity contribution in [2.75, 3.05) is 0 Å². The SMILES string of the molecule is N#CCc1ccccc1C#Cc1cccnc1. The zero-order chi connectivity index (χ0) is 11.9. The van der Waals surface area contributed by atoms with E-state index in [0.717, 1.165) is 16.7 Å². The van der Waals surface area contributed by atoms with Crippen LogP contribution in [0.1, 0.15) is 16.7 Å². The summed E-state index contributed by atoms with van der Waals surface area (Å²) in [4.78, 5) is 4.00. The Morgan fingerprint density at radius 1 is 1.06 bits per heavy atom. The van der Waals surface area contributed by atoms with Crippen molar-refractivity contribution in [1.82, 2.24) is 4.98 Å². The number of benzene rings is 1. The fourth-order valence-corrected chi connectivity index (χ4v) is 1.46. The van der Waals surface area contributed by atoms with Gasteiger partial charge in [-0.2, -0.15) is 5.26 Å². The molecular weight excluding hydrogens is 208 g/mol. The molecule has 0 aliphatic heterocycles. The molecule has 0 N–H and O–H groups in total. The minimum atomic E-state index is 0.387. The summed E-state index contributed by atoms with van der Waals surface area (Å²) in [6, 6.07) is 13.6. The Morgan fingerprint density at radius 2 is 1.94 bits per heavy atom. The Bertz CT molecular complexity index is 598. The predicted octanol–water partition coefficient (Wildman–Crippen LogP) is 2.55. The maximum atomic E-state index is 8.72. The maximum Gasteiger partial charge on any atom is 0.0670 e. The van der Waals surface area contributed by atoms with Crippen molar-refractivity contribution < 1.29 is 0 Å². The van der Waals surface area contributed by atoms with E-state index in [1.807, 2.05) is 36.4 Å². The Morgan fingerprint density at radius 3 is 2.71 bits per heavy atom. The first-order chi connectivity index (χ1) is 8.40. The van der Waals surface area contributed by atoms with Gasteiger partial charge in [0.1, 0.15) is 0 Å². The number of hydrogen-bond donors (Lipinski definition) is 0. The van der Waals surface area contributed by atoms with Gasteiger partial charge in [-0.3, -0.25) is 4.98 Å². The van der Waals surface area contributed by atoms with E-state index in [0.29, 0.717) is 6.42 Å². The molecule has 1 heterocycles. The summed E-state index contributed by atoms with van der Waals surface area (Å²) in [6.45, 7) is 0. The quantitative estimate of drug-likeness (QED) is 0.690. The van der Waals surface area contributed by atoms with Gasteiger partial charge < -0.3 is 0 Å². The zero-order valence-electron chi connectivity index (χ0n) is 9.22. The average Bonchev–Trinajstić information content (AvgIpc) is 2.39. The van der Waals surface area contributed by atoms with E-state index in [2.05, 4.69) is 22.9 Å². The van der Waals surface area contributed by atoms with Crippen LogP contribution in [-0.4, -0.2) is 4.98 Å². The van der Waals surface area contributed by atoms with Crippen LogP contribution < -0.4 is 0 Å². The average molecular weight is 218 g/mol. The number of rotatable bonds is 1. The lowest BCUT2D eigenvalue weighted by atomic mass is 10.1. The molecule has 0 amide bonds. The van der Waals surface area contributed by atoms with Crippen LogP contribution in [0.2, 0.25) is 0 Å². The molecule has 2 nitrogen and oxygen atoms in total. The molecule has 1 aromatic heterocycles. The lowest BCUT2D eigenvalue weighted by Crippen LogP contribution is -1.87. The second-order valence-electron chi connectivity index (χ2n) is 3.48. The van der Waals surface area contributed by atoms with Crippen LogP contribution in [0, 0.1) is 23.2 Å². The van der Waals surface area contributed by atoms with Crippen LogP contribution in [0.5, 0.6) is 0 Å². The molecule has 0 atom stereocenters. The normalized spacial score (nSPS) is 8.88. The molecule has 0 bridgehead atoms. The maximum absolute atomic E-state index is 8.72. The first-order valence-corrected chi connectivity index (χ1v) is 5.27. The smallest absolute Gasteiger partial charge is 0.0670 e. The summed E-state index contributed by atoms with van der Waals surface area (Å²) in [5, 5.41) is 8.72. The van der Waals surface area contributed by atoms with Crippen molar-refractivity contribution in [1.29, 1.82) is 5.26 Å². The first kappa shape index (κ1) is 10.9. The van der Waals surface area contributed by atoms with Crippen LogP contribution in [0.15, 0.2) is 48.8 Å². The fraction of sp³-hybridized carbons (Fsp3) is 0.0667. The van der Waals surface area contributed by atoms with E-state index < -0.39 is 0 Å². The van der Waals surface area contributed by atoms with Gasteiger partial charge in [0.15, 0.2) is 0 Å². The van der Waals surface area contributed by atoms with Gasteiger partial charge in [-0.05, 0) is 23.8 Å². The number of pyridine rings is 1. The highest BCUT2D eigenvalue weighted by Crippen LogP contribution is 2.07. The molecule has 0 aliphatic carbocycles. The van der Waals surface area contributed by atoms with Gasteiger partial charge in [0, 0.05) is 23.5 Å². The van der Waals surface area contributed by atoms with Crippen LogP contribution in [-0.2, 0) is 6.42 Å². The zero-order valence-corrected chi connectivity index (χ0v) is 9.22. The lowest BCUT2D eigenvalue weighted by molar-refractivity contribution is 1.25.